The lowest BCUT2D eigenvalue weighted by atomic mass is 10.2. The molecule has 1 aromatic carbocycles. The molecule has 0 fully saturated rings. The summed E-state index contributed by atoms with van der Waals surface area (Å²) in [6, 6.07) is 9.72. The van der Waals surface area contributed by atoms with Gasteiger partial charge in [0.15, 0.2) is 5.82 Å². The highest BCUT2D eigenvalue weighted by molar-refractivity contribution is 6.42. The van der Waals surface area contributed by atoms with Crippen molar-refractivity contribution in [1.29, 1.82) is 0 Å². The van der Waals surface area contributed by atoms with E-state index in [1.807, 2.05) is 36.5 Å². The number of hydrogen-bond acceptors (Lipinski definition) is 3. The molecular weight excluding hydrogens is 333 g/mol. The van der Waals surface area contributed by atoms with Gasteiger partial charge in [-0.15, -0.1) is 10.2 Å². The maximum atomic E-state index is 6.29. The van der Waals surface area contributed by atoms with Crippen molar-refractivity contribution < 1.29 is 0 Å². The summed E-state index contributed by atoms with van der Waals surface area (Å²) >= 11 is 12.4. The molecule has 2 aromatic heterocycles. The lowest BCUT2D eigenvalue weighted by Gasteiger charge is -2.28. The highest BCUT2D eigenvalue weighted by atomic mass is 35.5. The van der Waals surface area contributed by atoms with Crippen LogP contribution in [0.3, 0.4) is 0 Å². The fourth-order valence-electron chi connectivity index (χ4n) is 2.92. The van der Waals surface area contributed by atoms with Gasteiger partial charge < -0.3 is 9.55 Å². The summed E-state index contributed by atoms with van der Waals surface area (Å²) < 4.78 is 2.17. The highest BCUT2D eigenvalue weighted by Gasteiger charge is 2.22. The van der Waals surface area contributed by atoms with Crippen molar-refractivity contribution in [3.63, 3.8) is 0 Å². The minimum atomic E-state index is 0.596. The molecule has 7 heteroatoms. The minimum Gasteiger partial charge on any atom is -0.359 e. The first kappa shape index (κ1) is 14.8. The Balaban J connectivity index is 1.55. The zero-order chi connectivity index (χ0) is 15.8. The topological polar surface area (TPSA) is 49.7 Å². The number of fused-ring (bicyclic) bond motifs is 1. The molecule has 118 valence electrons. The minimum absolute atomic E-state index is 0.596. The standard InChI is InChI=1S/C16H15Cl2N5/c17-12-4-1-3-11(15(12)18)9-22-7-8-23-14(10-22)20-21-16(23)13-5-2-6-19-13/h1-6,19H,7-10H2. The molecule has 3 heterocycles. The van der Waals surface area contributed by atoms with Crippen molar-refractivity contribution >= 4 is 23.2 Å². The second-order valence-electron chi connectivity index (χ2n) is 5.60. The van der Waals surface area contributed by atoms with Gasteiger partial charge in [0.1, 0.15) is 5.82 Å². The number of aromatic nitrogens is 4. The third-order valence-corrected chi connectivity index (χ3v) is 4.95. The van der Waals surface area contributed by atoms with E-state index in [4.69, 9.17) is 23.2 Å². The number of nitrogens with one attached hydrogen (secondary N) is 1. The van der Waals surface area contributed by atoms with E-state index >= 15 is 0 Å². The highest BCUT2D eigenvalue weighted by Crippen LogP contribution is 2.28. The van der Waals surface area contributed by atoms with Gasteiger partial charge >= 0.3 is 0 Å². The van der Waals surface area contributed by atoms with Crippen molar-refractivity contribution in [2.75, 3.05) is 6.54 Å². The first-order chi connectivity index (χ1) is 11.2. The normalized spacial score (nSPS) is 14.9. The molecule has 1 aliphatic rings. The molecule has 0 saturated heterocycles. The molecule has 3 aromatic rings. The Bertz CT molecular complexity index is 825. The number of benzene rings is 1. The maximum Gasteiger partial charge on any atom is 0.180 e. The van der Waals surface area contributed by atoms with Gasteiger partial charge in [0.2, 0.25) is 0 Å². The van der Waals surface area contributed by atoms with Crippen LogP contribution < -0.4 is 0 Å². The lowest BCUT2D eigenvalue weighted by molar-refractivity contribution is 0.209. The molecule has 4 rings (SSSR count). The van der Waals surface area contributed by atoms with Crippen LogP contribution in [0, 0.1) is 0 Å². The van der Waals surface area contributed by atoms with Crippen molar-refractivity contribution in [3.8, 4) is 11.5 Å². The molecule has 0 aliphatic carbocycles. The predicted octanol–water partition coefficient (Wildman–Crippen LogP) is 3.60. The van der Waals surface area contributed by atoms with Crippen molar-refractivity contribution in [3.05, 3.63) is 58.0 Å². The smallest absolute Gasteiger partial charge is 0.180 e. The monoisotopic (exact) mass is 347 g/mol. The van der Waals surface area contributed by atoms with Crippen LogP contribution in [0.1, 0.15) is 11.4 Å². The summed E-state index contributed by atoms with van der Waals surface area (Å²) in [6.45, 7) is 3.27. The van der Waals surface area contributed by atoms with Gasteiger partial charge in [-0.05, 0) is 23.8 Å². The second kappa shape index (κ2) is 6.00. The third kappa shape index (κ3) is 2.76. The molecule has 23 heavy (non-hydrogen) atoms. The lowest BCUT2D eigenvalue weighted by Crippen LogP contribution is -2.33. The van der Waals surface area contributed by atoms with Gasteiger partial charge in [-0.2, -0.15) is 0 Å². The van der Waals surface area contributed by atoms with E-state index in [9.17, 15) is 0 Å². The van der Waals surface area contributed by atoms with Crippen molar-refractivity contribution in [2.45, 2.75) is 19.6 Å². The van der Waals surface area contributed by atoms with E-state index in [0.717, 1.165) is 49.1 Å². The molecule has 0 atom stereocenters. The Morgan fingerprint density at radius 3 is 2.83 bits per heavy atom. The van der Waals surface area contributed by atoms with Crippen LogP contribution in [-0.2, 0) is 19.6 Å². The fraction of sp³-hybridized carbons (Fsp3) is 0.250. The fourth-order valence-corrected chi connectivity index (χ4v) is 3.30. The summed E-state index contributed by atoms with van der Waals surface area (Å²) in [5.41, 5.74) is 2.03. The van der Waals surface area contributed by atoms with E-state index < -0.39 is 0 Å². The van der Waals surface area contributed by atoms with Crippen molar-refractivity contribution in [2.24, 2.45) is 0 Å². The quantitative estimate of drug-likeness (QED) is 0.787. The van der Waals surface area contributed by atoms with Crippen LogP contribution in [0.2, 0.25) is 10.0 Å². The zero-order valence-electron chi connectivity index (χ0n) is 12.3. The summed E-state index contributed by atoms with van der Waals surface area (Å²) in [5.74, 6) is 1.87. The van der Waals surface area contributed by atoms with Crippen LogP contribution in [0.15, 0.2) is 36.5 Å². The Morgan fingerprint density at radius 2 is 2.00 bits per heavy atom. The largest absolute Gasteiger partial charge is 0.359 e. The van der Waals surface area contributed by atoms with Gasteiger partial charge in [0.25, 0.3) is 0 Å². The number of rotatable bonds is 3. The first-order valence-electron chi connectivity index (χ1n) is 7.43. The first-order valence-corrected chi connectivity index (χ1v) is 8.19. The molecule has 1 aliphatic heterocycles. The van der Waals surface area contributed by atoms with Crippen LogP contribution >= 0.6 is 23.2 Å². The summed E-state index contributed by atoms with van der Waals surface area (Å²) in [7, 11) is 0. The molecule has 0 radical (unpaired) electrons. The van der Waals surface area contributed by atoms with Gasteiger partial charge in [-0.1, -0.05) is 35.3 Å². The van der Waals surface area contributed by atoms with Gasteiger partial charge in [0.05, 0.1) is 22.3 Å². The van der Waals surface area contributed by atoms with Crippen LogP contribution in [-0.4, -0.2) is 31.2 Å². The molecule has 0 saturated carbocycles. The summed E-state index contributed by atoms with van der Waals surface area (Å²) in [6.07, 6.45) is 1.90. The van der Waals surface area contributed by atoms with E-state index in [-0.39, 0.29) is 0 Å². The van der Waals surface area contributed by atoms with Crippen LogP contribution in [0.4, 0.5) is 0 Å². The maximum absolute atomic E-state index is 6.29. The molecule has 1 N–H and O–H groups in total. The van der Waals surface area contributed by atoms with E-state index in [1.165, 1.54) is 0 Å². The Morgan fingerprint density at radius 1 is 1.09 bits per heavy atom. The average molecular weight is 348 g/mol. The van der Waals surface area contributed by atoms with Gasteiger partial charge in [0, 0.05) is 25.8 Å². The third-order valence-electron chi connectivity index (χ3n) is 4.10. The average Bonchev–Trinajstić information content (AvgIpc) is 3.20. The van der Waals surface area contributed by atoms with Crippen LogP contribution in [0.5, 0.6) is 0 Å². The SMILES string of the molecule is Clc1cccc(CN2CCn3c(nnc3-c3ccc[nH]3)C2)c1Cl. The molecule has 0 spiro atoms. The Labute approximate surface area is 143 Å². The van der Waals surface area contributed by atoms with Crippen molar-refractivity contribution in [1.82, 2.24) is 24.6 Å². The van der Waals surface area contributed by atoms with E-state index in [2.05, 4.69) is 24.6 Å². The Kier molecular flexibility index (Phi) is 3.85. The molecule has 0 unspecified atom stereocenters. The Hall–Kier alpha value is -1.82. The van der Waals surface area contributed by atoms with E-state index in [1.54, 1.807) is 0 Å². The van der Waals surface area contributed by atoms with E-state index in [0.29, 0.717) is 10.0 Å². The van der Waals surface area contributed by atoms with Crippen LogP contribution in [0.25, 0.3) is 11.5 Å². The zero-order valence-corrected chi connectivity index (χ0v) is 13.8. The molecule has 0 amide bonds. The summed E-state index contributed by atoms with van der Waals surface area (Å²) in [5, 5.41) is 9.89. The number of hydrogen-bond donors (Lipinski definition) is 1. The number of aromatic amines is 1. The number of nitrogens with zero attached hydrogens (tertiary/aromatic N) is 4. The predicted molar refractivity (Wildman–Crippen MR) is 90.4 cm³/mol. The van der Waals surface area contributed by atoms with Gasteiger partial charge in [-0.3, -0.25) is 4.90 Å². The summed E-state index contributed by atoms with van der Waals surface area (Å²) in [4.78, 5) is 5.49. The molecule has 0 bridgehead atoms. The molecular formula is C16H15Cl2N5. The molecule has 5 nitrogen and oxygen atoms in total. The number of halogens is 2. The second-order valence-corrected chi connectivity index (χ2v) is 6.38. The van der Waals surface area contributed by atoms with Gasteiger partial charge in [-0.25, -0.2) is 0 Å². The number of H-pyrrole nitrogens is 1.